The van der Waals surface area contributed by atoms with E-state index < -0.39 is 5.41 Å². The van der Waals surface area contributed by atoms with E-state index in [2.05, 4.69) is 5.32 Å². The van der Waals surface area contributed by atoms with Gasteiger partial charge in [0, 0.05) is 26.2 Å². The second-order valence-corrected chi connectivity index (χ2v) is 5.63. The van der Waals surface area contributed by atoms with E-state index >= 15 is 0 Å². The van der Waals surface area contributed by atoms with Crippen LogP contribution in [-0.2, 0) is 10.2 Å². The minimum Gasteiger partial charge on any atom is -0.339 e. The van der Waals surface area contributed by atoms with Crippen LogP contribution in [0.5, 0.6) is 0 Å². The Morgan fingerprint density at radius 2 is 1.95 bits per heavy atom. The number of nitrogens with one attached hydrogen (secondary N) is 1. The molecule has 2 rings (SSSR count). The first-order chi connectivity index (χ1) is 8.93. The first kappa shape index (κ1) is 14.0. The summed E-state index contributed by atoms with van der Waals surface area (Å²) in [5.41, 5.74) is 0.837. The topological polar surface area (TPSA) is 32.3 Å². The fourth-order valence-corrected chi connectivity index (χ4v) is 2.42. The number of halogens is 1. The van der Waals surface area contributed by atoms with Crippen molar-refractivity contribution in [1.82, 2.24) is 10.2 Å². The Morgan fingerprint density at radius 3 is 2.53 bits per heavy atom. The summed E-state index contributed by atoms with van der Waals surface area (Å²) in [6.45, 7) is 8.69. The second-order valence-electron chi connectivity index (χ2n) is 5.63. The first-order valence-corrected chi connectivity index (χ1v) is 6.69. The van der Waals surface area contributed by atoms with Gasteiger partial charge in [0.2, 0.25) is 5.91 Å². The average molecular weight is 264 g/mol. The lowest BCUT2D eigenvalue weighted by Crippen LogP contribution is -2.51. The van der Waals surface area contributed by atoms with Crippen LogP contribution in [0.1, 0.15) is 25.0 Å². The van der Waals surface area contributed by atoms with E-state index in [0.717, 1.165) is 31.7 Å². The van der Waals surface area contributed by atoms with Gasteiger partial charge in [-0.25, -0.2) is 4.39 Å². The molecule has 1 N–H and O–H groups in total. The van der Waals surface area contributed by atoms with E-state index in [1.54, 1.807) is 19.1 Å². The summed E-state index contributed by atoms with van der Waals surface area (Å²) in [6.07, 6.45) is 0. The van der Waals surface area contributed by atoms with E-state index in [4.69, 9.17) is 0 Å². The van der Waals surface area contributed by atoms with Gasteiger partial charge in [0.15, 0.2) is 0 Å². The van der Waals surface area contributed by atoms with Crippen LogP contribution in [0.15, 0.2) is 18.2 Å². The Morgan fingerprint density at radius 1 is 1.32 bits per heavy atom. The average Bonchev–Trinajstić information content (AvgIpc) is 2.41. The predicted octanol–water partition coefficient (Wildman–Crippen LogP) is 1.84. The minimum atomic E-state index is -0.615. The molecule has 0 unspecified atom stereocenters. The van der Waals surface area contributed by atoms with Gasteiger partial charge in [-0.3, -0.25) is 4.79 Å². The zero-order chi connectivity index (χ0) is 14.0. The summed E-state index contributed by atoms with van der Waals surface area (Å²) < 4.78 is 13.3. The van der Waals surface area contributed by atoms with Gasteiger partial charge < -0.3 is 10.2 Å². The molecule has 0 saturated carbocycles. The number of nitrogens with zero attached hydrogens (tertiary/aromatic N) is 1. The number of hydrogen-bond acceptors (Lipinski definition) is 2. The number of carbonyl (C=O) groups is 1. The van der Waals surface area contributed by atoms with E-state index in [1.807, 2.05) is 18.7 Å². The first-order valence-electron chi connectivity index (χ1n) is 6.69. The third-order valence-electron chi connectivity index (χ3n) is 3.82. The second kappa shape index (κ2) is 5.29. The van der Waals surface area contributed by atoms with Crippen molar-refractivity contribution in [2.24, 2.45) is 0 Å². The number of piperazine rings is 1. The zero-order valence-corrected chi connectivity index (χ0v) is 11.8. The molecule has 0 bridgehead atoms. The van der Waals surface area contributed by atoms with Gasteiger partial charge in [-0.1, -0.05) is 12.1 Å². The molecule has 4 heteroatoms. The highest BCUT2D eigenvalue weighted by atomic mass is 19.1. The Labute approximate surface area is 113 Å². The van der Waals surface area contributed by atoms with Crippen molar-refractivity contribution in [3.63, 3.8) is 0 Å². The smallest absolute Gasteiger partial charge is 0.232 e. The molecule has 104 valence electrons. The van der Waals surface area contributed by atoms with Crippen LogP contribution in [-0.4, -0.2) is 37.0 Å². The zero-order valence-electron chi connectivity index (χ0n) is 11.8. The Balaban J connectivity index is 2.24. The number of aryl methyl sites for hydroxylation is 1. The highest BCUT2D eigenvalue weighted by molar-refractivity contribution is 5.87. The van der Waals surface area contributed by atoms with Gasteiger partial charge in [-0.2, -0.15) is 0 Å². The molecule has 0 spiro atoms. The molecule has 1 aliphatic heterocycles. The highest BCUT2D eigenvalue weighted by Crippen LogP contribution is 2.27. The summed E-state index contributed by atoms with van der Waals surface area (Å²) in [4.78, 5) is 14.5. The number of benzene rings is 1. The van der Waals surface area contributed by atoms with Gasteiger partial charge in [0.05, 0.1) is 5.41 Å². The number of rotatable bonds is 2. The third-order valence-corrected chi connectivity index (χ3v) is 3.82. The lowest BCUT2D eigenvalue weighted by Gasteiger charge is -2.35. The van der Waals surface area contributed by atoms with Crippen LogP contribution in [0.25, 0.3) is 0 Å². The number of hydrogen-bond donors (Lipinski definition) is 1. The molecule has 1 fully saturated rings. The maximum atomic E-state index is 13.3. The molecule has 1 aromatic carbocycles. The van der Waals surface area contributed by atoms with Crippen molar-refractivity contribution < 1.29 is 9.18 Å². The summed E-state index contributed by atoms with van der Waals surface area (Å²) in [5.74, 6) is -0.117. The molecule has 1 saturated heterocycles. The lowest BCUT2D eigenvalue weighted by atomic mass is 9.82. The number of carbonyl (C=O) groups excluding carboxylic acids is 1. The largest absolute Gasteiger partial charge is 0.339 e. The van der Waals surface area contributed by atoms with Gasteiger partial charge in [-0.05, 0) is 38.0 Å². The third kappa shape index (κ3) is 2.78. The van der Waals surface area contributed by atoms with Crippen LogP contribution in [0, 0.1) is 12.7 Å². The van der Waals surface area contributed by atoms with Crippen molar-refractivity contribution in [2.75, 3.05) is 26.2 Å². The monoisotopic (exact) mass is 264 g/mol. The van der Waals surface area contributed by atoms with Crippen molar-refractivity contribution in [2.45, 2.75) is 26.2 Å². The molecule has 0 aromatic heterocycles. The molecule has 1 amide bonds. The molecule has 19 heavy (non-hydrogen) atoms. The van der Waals surface area contributed by atoms with Crippen molar-refractivity contribution >= 4 is 5.91 Å². The van der Waals surface area contributed by atoms with Crippen molar-refractivity contribution in [1.29, 1.82) is 0 Å². The van der Waals surface area contributed by atoms with Crippen LogP contribution in [0.3, 0.4) is 0 Å². The molecule has 3 nitrogen and oxygen atoms in total. The number of amides is 1. The van der Waals surface area contributed by atoms with E-state index in [0.29, 0.717) is 5.56 Å². The maximum absolute atomic E-state index is 13.3. The van der Waals surface area contributed by atoms with Crippen LogP contribution >= 0.6 is 0 Å². The van der Waals surface area contributed by atoms with Gasteiger partial charge in [0.25, 0.3) is 0 Å². The lowest BCUT2D eigenvalue weighted by molar-refractivity contribution is -0.136. The van der Waals surface area contributed by atoms with Crippen LogP contribution < -0.4 is 5.32 Å². The maximum Gasteiger partial charge on any atom is 0.232 e. The molecule has 1 aliphatic rings. The Kier molecular flexibility index (Phi) is 3.90. The predicted molar refractivity (Wildman–Crippen MR) is 73.6 cm³/mol. The van der Waals surface area contributed by atoms with Crippen molar-refractivity contribution in [3.05, 3.63) is 35.1 Å². The summed E-state index contributed by atoms with van der Waals surface area (Å²) in [7, 11) is 0. The fourth-order valence-electron chi connectivity index (χ4n) is 2.42. The molecular formula is C15H21FN2O. The Hall–Kier alpha value is -1.42. The van der Waals surface area contributed by atoms with Crippen LogP contribution in [0.2, 0.25) is 0 Å². The minimum absolute atomic E-state index is 0.111. The van der Waals surface area contributed by atoms with Gasteiger partial charge >= 0.3 is 0 Å². The van der Waals surface area contributed by atoms with Crippen LogP contribution in [0.4, 0.5) is 4.39 Å². The summed E-state index contributed by atoms with van der Waals surface area (Å²) in [6, 6.07) is 4.93. The molecule has 0 radical (unpaired) electrons. The standard InChI is InChI=1S/C15H21FN2O/c1-11-10-12(4-5-13(11)16)15(2,3)14(19)18-8-6-17-7-9-18/h4-5,10,17H,6-9H2,1-3H3. The van der Waals surface area contributed by atoms with Crippen molar-refractivity contribution in [3.8, 4) is 0 Å². The Bertz CT molecular complexity index is 479. The van der Waals surface area contributed by atoms with Gasteiger partial charge in [0.1, 0.15) is 5.82 Å². The molecular weight excluding hydrogens is 243 g/mol. The van der Waals surface area contributed by atoms with Gasteiger partial charge in [-0.15, -0.1) is 0 Å². The van der Waals surface area contributed by atoms with E-state index in [9.17, 15) is 9.18 Å². The molecule has 0 aliphatic carbocycles. The van der Waals surface area contributed by atoms with E-state index in [1.165, 1.54) is 6.07 Å². The molecule has 0 atom stereocenters. The summed E-state index contributed by atoms with van der Waals surface area (Å²) >= 11 is 0. The normalized spacial score (nSPS) is 16.5. The quantitative estimate of drug-likeness (QED) is 0.884. The SMILES string of the molecule is Cc1cc(C(C)(C)C(=O)N2CCNCC2)ccc1F. The fraction of sp³-hybridized carbons (Fsp3) is 0.533. The molecule has 1 aromatic rings. The highest BCUT2D eigenvalue weighted by Gasteiger charge is 2.34. The molecule has 1 heterocycles. The summed E-state index contributed by atoms with van der Waals surface area (Å²) in [5, 5.41) is 3.23. The van der Waals surface area contributed by atoms with E-state index in [-0.39, 0.29) is 11.7 Å².